The summed E-state index contributed by atoms with van der Waals surface area (Å²) in [6.45, 7) is 4.31. The van der Waals surface area contributed by atoms with Gasteiger partial charge in [0, 0.05) is 0 Å². The molecule has 0 rings (SSSR count). The number of thiocarbonyl (C=S) groups is 1. The van der Waals surface area contributed by atoms with E-state index in [-0.39, 0.29) is 51.4 Å². The summed E-state index contributed by atoms with van der Waals surface area (Å²) in [5.41, 5.74) is 0. The Balaban J connectivity index is 0. The SMILES string of the molecule is CC(C)CSC(=S)[S-].[K+]. The van der Waals surface area contributed by atoms with Gasteiger partial charge in [-0.2, -0.15) is 0 Å². The minimum Gasteiger partial charge on any atom is -0.422 e. The third-order valence-corrected chi connectivity index (χ3v) is 2.31. The van der Waals surface area contributed by atoms with Crippen molar-refractivity contribution in [1.29, 1.82) is 0 Å². The van der Waals surface area contributed by atoms with Gasteiger partial charge in [-0.1, -0.05) is 17.4 Å². The van der Waals surface area contributed by atoms with Crippen LogP contribution < -0.4 is 51.4 Å². The first-order chi connectivity index (χ1) is 3.63. The molecule has 0 amide bonds. The van der Waals surface area contributed by atoms with Crippen LogP contribution in [0.1, 0.15) is 13.8 Å². The normalized spacial score (nSPS) is 8.78. The average Bonchev–Trinajstić information content (AvgIpc) is 1.61. The van der Waals surface area contributed by atoms with E-state index in [1.807, 2.05) is 0 Å². The molecule has 4 heteroatoms. The molecule has 0 aromatic rings. The fourth-order valence-electron chi connectivity index (χ4n) is 0.235. The molecule has 0 unspecified atom stereocenters. The summed E-state index contributed by atoms with van der Waals surface area (Å²) in [6, 6.07) is 0. The van der Waals surface area contributed by atoms with E-state index < -0.39 is 0 Å². The topological polar surface area (TPSA) is 0 Å². The standard InChI is InChI=1S/C5H10S3.K/c1-4(2)3-8-5(6)7;/h4H,3H2,1-2H3,(H,6,7);/q;+1/p-1. The van der Waals surface area contributed by atoms with Crippen LogP contribution in [0.25, 0.3) is 0 Å². The fraction of sp³-hybridized carbons (Fsp3) is 0.800. The summed E-state index contributed by atoms with van der Waals surface area (Å²) < 4.78 is 0.638. The van der Waals surface area contributed by atoms with Crippen molar-refractivity contribution in [1.82, 2.24) is 0 Å². The van der Waals surface area contributed by atoms with Gasteiger partial charge >= 0.3 is 51.4 Å². The zero-order valence-corrected chi connectivity index (χ0v) is 11.6. The van der Waals surface area contributed by atoms with Crippen molar-refractivity contribution in [3.05, 3.63) is 0 Å². The molecule has 0 atom stereocenters. The number of hydrogen-bond donors (Lipinski definition) is 0. The first kappa shape index (κ1) is 13.9. The third-order valence-electron chi connectivity index (χ3n) is 0.535. The quantitative estimate of drug-likeness (QED) is 0.329. The summed E-state index contributed by atoms with van der Waals surface area (Å²) in [4.78, 5) is 0. The number of thioether (sulfide) groups is 1. The van der Waals surface area contributed by atoms with Gasteiger partial charge in [0.2, 0.25) is 0 Å². The molecule has 0 heterocycles. The molecule has 0 aliphatic carbocycles. The van der Waals surface area contributed by atoms with E-state index >= 15 is 0 Å². The molecule has 0 saturated heterocycles. The summed E-state index contributed by atoms with van der Waals surface area (Å²) in [5, 5.41) is 0. The molecule has 0 radical (unpaired) electrons. The second-order valence-electron chi connectivity index (χ2n) is 1.95. The molecule has 0 N–H and O–H groups in total. The molecule has 0 spiro atoms. The largest absolute Gasteiger partial charge is 1.00 e. The van der Waals surface area contributed by atoms with Crippen LogP contribution in [0.3, 0.4) is 0 Å². The van der Waals surface area contributed by atoms with E-state index in [0.29, 0.717) is 9.45 Å². The van der Waals surface area contributed by atoms with Crippen molar-refractivity contribution in [3.63, 3.8) is 0 Å². The van der Waals surface area contributed by atoms with Gasteiger partial charge in [0.1, 0.15) is 0 Å². The monoisotopic (exact) mass is 204 g/mol. The Kier molecular flexibility index (Phi) is 12.9. The van der Waals surface area contributed by atoms with Crippen LogP contribution in [0.2, 0.25) is 0 Å². The van der Waals surface area contributed by atoms with Crippen LogP contribution in [0.15, 0.2) is 0 Å². The minimum atomic E-state index is 0. The van der Waals surface area contributed by atoms with Crippen molar-refractivity contribution in [2.45, 2.75) is 13.8 Å². The summed E-state index contributed by atoms with van der Waals surface area (Å²) in [6.07, 6.45) is 0. The molecule has 0 aromatic carbocycles. The van der Waals surface area contributed by atoms with Gasteiger partial charge < -0.3 is 24.8 Å². The Labute approximate surface area is 115 Å². The van der Waals surface area contributed by atoms with Crippen molar-refractivity contribution in [2.24, 2.45) is 5.92 Å². The smallest absolute Gasteiger partial charge is 0.422 e. The Morgan fingerprint density at radius 2 is 2.11 bits per heavy atom. The summed E-state index contributed by atoms with van der Waals surface area (Å²) in [7, 11) is 0. The van der Waals surface area contributed by atoms with E-state index in [2.05, 4.69) is 13.8 Å². The van der Waals surface area contributed by atoms with Crippen molar-refractivity contribution >= 4 is 40.1 Å². The first-order valence-electron chi connectivity index (χ1n) is 2.46. The maximum Gasteiger partial charge on any atom is 1.00 e. The molecule has 0 bridgehead atoms. The van der Waals surface area contributed by atoms with Crippen LogP contribution >= 0.6 is 24.0 Å². The first-order valence-corrected chi connectivity index (χ1v) is 4.27. The number of rotatable bonds is 2. The third kappa shape index (κ3) is 13.3. The molecule has 0 aliphatic rings. The van der Waals surface area contributed by atoms with Crippen molar-refractivity contribution < 1.29 is 51.4 Å². The maximum atomic E-state index is 4.69. The van der Waals surface area contributed by atoms with Gasteiger partial charge in [-0.3, -0.25) is 0 Å². The molecule has 0 aromatic heterocycles. The Bertz CT molecular complexity index is 82.3. The van der Waals surface area contributed by atoms with Crippen LogP contribution in [-0.4, -0.2) is 9.28 Å². The zero-order chi connectivity index (χ0) is 6.57. The zero-order valence-electron chi connectivity index (χ0n) is 6.01. The van der Waals surface area contributed by atoms with Gasteiger partial charge in [-0.25, -0.2) is 0 Å². The van der Waals surface area contributed by atoms with Gasteiger partial charge in [-0.05, 0) is 11.7 Å². The maximum absolute atomic E-state index is 4.69. The van der Waals surface area contributed by atoms with Gasteiger partial charge in [0.05, 0.1) is 0 Å². The molecule has 9 heavy (non-hydrogen) atoms. The number of hydrogen-bond acceptors (Lipinski definition) is 3. The van der Waals surface area contributed by atoms with E-state index in [9.17, 15) is 0 Å². The van der Waals surface area contributed by atoms with Crippen LogP contribution in [0, 0.1) is 5.92 Å². The van der Waals surface area contributed by atoms with E-state index in [0.717, 1.165) is 5.75 Å². The molecule has 48 valence electrons. The van der Waals surface area contributed by atoms with Crippen LogP contribution in [-0.2, 0) is 12.6 Å². The molecular weight excluding hydrogens is 195 g/mol. The predicted octanol–water partition coefficient (Wildman–Crippen LogP) is -0.789. The van der Waals surface area contributed by atoms with E-state index in [4.69, 9.17) is 24.8 Å². The second kappa shape index (κ2) is 8.39. The van der Waals surface area contributed by atoms with Gasteiger partial charge in [0.15, 0.2) is 0 Å². The minimum absolute atomic E-state index is 0. The second-order valence-corrected chi connectivity index (χ2v) is 4.58. The molecule has 0 nitrogen and oxygen atoms in total. The molecule has 0 fully saturated rings. The van der Waals surface area contributed by atoms with Crippen molar-refractivity contribution in [2.75, 3.05) is 5.75 Å². The van der Waals surface area contributed by atoms with Crippen LogP contribution in [0.5, 0.6) is 0 Å². The van der Waals surface area contributed by atoms with E-state index in [1.165, 1.54) is 0 Å². The Morgan fingerprint density at radius 3 is 2.22 bits per heavy atom. The van der Waals surface area contributed by atoms with Gasteiger partial charge in [0.25, 0.3) is 0 Å². The predicted molar refractivity (Wildman–Crippen MR) is 47.3 cm³/mol. The summed E-state index contributed by atoms with van der Waals surface area (Å²) in [5.74, 6) is 1.75. The van der Waals surface area contributed by atoms with Crippen molar-refractivity contribution in [3.8, 4) is 0 Å². The molecular formula is C5H9KS3. The van der Waals surface area contributed by atoms with Crippen LogP contribution in [0.4, 0.5) is 0 Å². The summed E-state index contributed by atoms with van der Waals surface area (Å²) >= 11 is 11.0. The fourth-order valence-corrected chi connectivity index (χ4v) is 1.11. The average molecular weight is 204 g/mol. The Morgan fingerprint density at radius 1 is 1.67 bits per heavy atom. The van der Waals surface area contributed by atoms with Gasteiger partial charge in [-0.15, -0.1) is 11.8 Å². The molecule has 0 aliphatic heterocycles. The van der Waals surface area contributed by atoms with E-state index in [1.54, 1.807) is 11.8 Å². The Hall–Kier alpha value is 2.30. The molecule has 0 saturated carbocycles.